The van der Waals surface area contributed by atoms with E-state index >= 15 is 0 Å². The van der Waals surface area contributed by atoms with E-state index < -0.39 is 11.9 Å². The van der Waals surface area contributed by atoms with Crippen LogP contribution in [0.2, 0.25) is 0 Å². The molecule has 1 aromatic carbocycles. The maximum absolute atomic E-state index is 12.1. The minimum atomic E-state index is -1.82. The highest BCUT2D eigenvalue weighted by molar-refractivity contribution is 6.27. The molecule has 2 heterocycles. The third-order valence-electron chi connectivity index (χ3n) is 5.36. The summed E-state index contributed by atoms with van der Waals surface area (Å²) < 4.78 is 2.63. The molecule has 0 aliphatic carbocycles. The number of carboxylic acid groups (broad SMARTS) is 2. The number of aliphatic hydroxyl groups excluding tert-OH is 1. The third-order valence-corrected chi connectivity index (χ3v) is 5.36. The second-order valence-corrected chi connectivity index (χ2v) is 7.40. The molecule has 0 spiro atoms. The smallest absolute Gasteiger partial charge is 0.414 e. The average molecular weight is 448 g/mol. The second-order valence-electron chi connectivity index (χ2n) is 7.40. The summed E-state index contributed by atoms with van der Waals surface area (Å²) in [6, 6.07) is 11.8. The van der Waals surface area contributed by atoms with E-state index in [1.807, 2.05) is 18.2 Å². The molecule has 1 unspecified atom stereocenters. The third kappa shape index (κ3) is 6.28. The fourth-order valence-electron chi connectivity index (χ4n) is 3.54. The van der Waals surface area contributed by atoms with E-state index in [2.05, 4.69) is 21.9 Å². The van der Waals surface area contributed by atoms with Gasteiger partial charge in [-0.15, -0.1) is 0 Å². The minimum absolute atomic E-state index is 0.0759. The molecule has 0 radical (unpaired) electrons. The van der Waals surface area contributed by atoms with Gasteiger partial charge in [-0.25, -0.2) is 14.4 Å². The molecule has 2 aromatic rings. The Kier molecular flexibility index (Phi) is 8.73. The predicted molar refractivity (Wildman–Crippen MR) is 117 cm³/mol. The van der Waals surface area contributed by atoms with Gasteiger partial charge in [0, 0.05) is 52.4 Å². The fraction of sp³-hybridized carbons (Fsp3) is 0.429. The molecular formula is C21H28N4O7. The lowest BCUT2D eigenvalue weighted by atomic mass is 10.0. The molecule has 0 amide bonds. The summed E-state index contributed by atoms with van der Waals surface area (Å²) in [6.45, 7) is 3.10. The summed E-state index contributed by atoms with van der Waals surface area (Å²) in [5.41, 5.74) is 0.609. The topological polar surface area (TPSA) is 145 Å². The van der Waals surface area contributed by atoms with Crippen molar-refractivity contribution < 1.29 is 24.9 Å². The Labute approximate surface area is 184 Å². The van der Waals surface area contributed by atoms with Crippen molar-refractivity contribution >= 4 is 17.8 Å². The molecule has 32 heavy (non-hydrogen) atoms. The Morgan fingerprint density at radius 2 is 1.50 bits per heavy atom. The van der Waals surface area contributed by atoms with Crippen molar-refractivity contribution in [2.24, 2.45) is 14.1 Å². The van der Waals surface area contributed by atoms with Gasteiger partial charge in [-0.2, -0.15) is 0 Å². The number of rotatable bonds is 5. The van der Waals surface area contributed by atoms with Crippen molar-refractivity contribution in [3.63, 3.8) is 0 Å². The molecule has 1 saturated heterocycles. The van der Waals surface area contributed by atoms with Crippen LogP contribution >= 0.6 is 0 Å². The highest BCUT2D eigenvalue weighted by atomic mass is 16.4. The number of anilines is 1. The lowest BCUT2D eigenvalue weighted by Gasteiger charge is -2.40. The zero-order valence-corrected chi connectivity index (χ0v) is 18.0. The maximum Gasteiger partial charge on any atom is 0.414 e. The van der Waals surface area contributed by atoms with E-state index in [-0.39, 0.29) is 23.9 Å². The summed E-state index contributed by atoms with van der Waals surface area (Å²) in [6.07, 6.45) is 0.807. The van der Waals surface area contributed by atoms with Gasteiger partial charge in [-0.1, -0.05) is 30.3 Å². The number of carbonyl (C=O) groups is 2. The number of piperazine rings is 1. The van der Waals surface area contributed by atoms with Gasteiger partial charge in [0.15, 0.2) is 0 Å². The molecule has 0 bridgehead atoms. The van der Waals surface area contributed by atoms with Crippen LogP contribution in [0.3, 0.4) is 0 Å². The van der Waals surface area contributed by atoms with Crippen LogP contribution in [0.1, 0.15) is 5.56 Å². The summed E-state index contributed by atoms with van der Waals surface area (Å²) in [5.74, 6) is -2.99. The van der Waals surface area contributed by atoms with Crippen molar-refractivity contribution in [2.75, 3.05) is 37.7 Å². The molecule has 1 aliphatic rings. The summed E-state index contributed by atoms with van der Waals surface area (Å²) in [5, 5.41) is 24.6. The van der Waals surface area contributed by atoms with E-state index in [4.69, 9.17) is 19.8 Å². The molecule has 1 aliphatic heterocycles. The fourth-order valence-corrected chi connectivity index (χ4v) is 3.54. The average Bonchev–Trinajstić information content (AvgIpc) is 2.79. The van der Waals surface area contributed by atoms with Crippen molar-refractivity contribution in [1.82, 2.24) is 14.0 Å². The Morgan fingerprint density at radius 3 is 2.00 bits per heavy atom. The normalized spacial score (nSPS) is 14.9. The van der Waals surface area contributed by atoms with Crippen molar-refractivity contribution in [2.45, 2.75) is 12.5 Å². The first-order chi connectivity index (χ1) is 15.1. The SMILES string of the molecule is Cn1c(N2CCN(C(CO)Cc3ccccc3)CC2)cc(=O)n(C)c1=O.O=C(O)C(=O)O. The zero-order chi connectivity index (χ0) is 23.8. The van der Waals surface area contributed by atoms with Crippen LogP contribution in [-0.4, -0.2) is 80.1 Å². The van der Waals surface area contributed by atoms with Crippen molar-refractivity contribution in [1.29, 1.82) is 0 Å². The van der Waals surface area contributed by atoms with Crippen molar-refractivity contribution in [3.05, 3.63) is 62.8 Å². The number of nitrogens with zero attached hydrogens (tertiary/aromatic N) is 4. The van der Waals surface area contributed by atoms with Gasteiger partial charge in [0.1, 0.15) is 5.82 Å². The van der Waals surface area contributed by atoms with E-state index in [9.17, 15) is 14.7 Å². The Balaban J connectivity index is 0.000000534. The van der Waals surface area contributed by atoms with E-state index in [1.54, 1.807) is 7.05 Å². The number of aliphatic carboxylic acids is 2. The first kappa shape index (κ1) is 24.8. The lowest BCUT2D eigenvalue weighted by Crippen LogP contribution is -2.53. The van der Waals surface area contributed by atoms with Gasteiger partial charge in [0.05, 0.1) is 6.61 Å². The van der Waals surface area contributed by atoms with Crippen LogP contribution in [0.4, 0.5) is 5.82 Å². The molecule has 174 valence electrons. The molecule has 1 fully saturated rings. The minimum Gasteiger partial charge on any atom is -0.473 e. The first-order valence-corrected chi connectivity index (χ1v) is 10.0. The zero-order valence-electron chi connectivity index (χ0n) is 18.0. The highest BCUT2D eigenvalue weighted by Crippen LogP contribution is 2.16. The van der Waals surface area contributed by atoms with Gasteiger partial charge >= 0.3 is 17.6 Å². The van der Waals surface area contributed by atoms with Crippen LogP contribution in [0.15, 0.2) is 46.0 Å². The van der Waals surface area contributed by atoms with E-state index in [0.717, 1.165) is 24.1 Å². The van der Waals surface area contributed by atoms with Crippen LogP contribution in [0.25, 0.3) is 0 Å². The Hall–Kier alpha value is -3.44. The van der Waals surface area contributed by atoms with Gasteiger partial charge in [-0.3, -0.25) is 18.8 Å². The molecule has 11 nitrogen and oxygen atoms in total. The highest BCUT2D eigenvalue weighted by Gasteiger charge is 2.25. The standard InChI is InChI=1S/C19H26N4O3.C2H2O4/c1-20-17(13-18(25)21(2)19(20)26)23-10-8-22(9-11-23)16(14-24)12-15-6-4-3-5-7-15;3-1(4)2(5)6/h3-7,13,16,24H,8-12,14H2,1-2H3;(H,3,4)(H,5,6). The first-order valence-electron chi connectivity index (χ1n) is 10.0. The number of hydrogen-bond acceptors (Lipinski definition) is 7. The molecular weight excluding hydrogens is 420 g/mol. The molecule has 0 saturated carbocycles. The number of aromatic nitrogens is 2. The summed E-state index contributed by atoms with van der Waals surface area (Å²) in [4.78, 5) is 46.6. The number of aliphatic hydroxyl groups is 1. The number of benzene rings is 1. The van der Waals surface area contributed by atoms with Crippen LogP contribution in [0, 0.1) is 0 Å². The van der Waals surface area contributed by atoms with Gasteiger partial charge < -0.3 is 20.2 Å². The van der Waals surface area contributed by atoms with Crippen molar-refractivity contribution in [3.8, 4) is 0 Å². The van der Waals surface area contributed by atoms with Crippen LogP contribution < -0.4 is 16.1 Å². The van der Waals surface area contributed by atoms with Crippen LogP contribution in [-0.2, 0) is 30.1 Å². The lowest BCUT2D eigenvalue weighted by molar-refractivity contribution is -0.159. The summed E-state index contributed by atoms with van der Waals surface area (Å²) in [7, 11) is 3.18. The number of hydrogen-bond donors (Lipinski definition) is 3. The van der Waals surface area contributed by atoms with E-state index in [1.165, 1.54) is 23.2 Å². The maximum atomic E-state index is 12.1. The predicted octanol–water partition coefficient (Wildman–Crippen LogP) is -1.03. The van der Waals surface area contributed by atoms with Gasteiger partial charge in [0.25, 0.3) is 5.56 Å². The molecule has 3 rings (SSSR count). The molecule has 11 heteroatoms. The number of carboxylic acids is 2. The monoisotopic (exact) mass is 448 g/mol. The molecule has 1 atom stereocenters. The van der Waals surface area contributed by atoms with Crippen LogP contribution in [0.5, 0.6) is 0 Å². The second kappa shape index (κ2) is 11.3. The summed E-state index contributed by atoms with van der Waals surface area (Å²) >= 11 is 0. The molecule has 3 N–H and O–H groups in total. The van der Waals surface area contributed by atoms with Gasteiger partial charge in [0.2, 0.25) is 0 Å². The van der Waals surface area contributed by atoms with Gasteiger partial charge in [-0.05, 0) is 12.0 Å². The quantitative estimate of drug-likeness (QED) is 0.489. The largest absolute Gasteiger partial charge is 0.473 e. The Morgan fingerprint density at radius 1 is 0.938 bits per heavy atom. The van der Waals surface area contributed by atoms with E-state index in [0.29, 0.717) is 18.9 Å². The molecule has 1 aromatic heterocycles. The Bertz CT molecular complexity index is 1030.